The van der Waals surface area contributed by atoms with Crippen LogP contribution in [0, 0.1) is 17.6 Å². The maximum absolute atomic E-state index is 13.3. The van der Waals surface area contributed by atoms with Gasteiger partial charge in [0.1, 0.15) is 17.9 Å². The summed E-state index contributed by atoms with van der Waals surface area (Å²) in [6.45, 7) is 1.81. The molecule has 23 heavy (non-hydrogen) atoms. The van der Waals surface area contributed by atoms with Crippen molar-refractivity contribution in [3.8, 4) is 0 Å². The third kappa shape index (κ3) is 3.35. The lowest BCUT2D eigenvalue weighted by Gasteiger charge is -2.35. The predicted octanol–water partition coefficient (Wildman–Crippen LogP) is 2.37. The van der Waals surface area contributed by atoms with Crippen LogP contribution in [-0.4, -0.2) is 42.8 Å². The van der Waals surface area contributed by atoms with E-state index >= 15 is 0 Å². The van der Waals surface area contributed by atoms with Crippen LogP contribution in [0.25, 0.3) is 0 Å². The number of piperidine rings is 1. The Balaban J connectivity index is 1.62. The zero-order valence-corrected chi connectivity index (χ0v) is 12.9. The zero-order valence-electron chi connectivity index (χ0n) is 12.9. The normalized spacial score (nSPS) is 22.4. The van der Waals surface area contributed by atoms with Crippen LogP contribution in [0.1, 0.15) is 25.7 Å². The van der Waals surface area contributed by atoms with Gasteiger partial charge in [0.05, 0.1) is 6.04 Å². The largest absolute Gasteiger partial charge is 0.371 e. The molecule has 2 fully saturated rings. The van der Waals surface area contributed by atoms with Gasteiger partial charge in [-0.2, -0.15) is 0 Å². The number of carbonyl (C=O) groups excluding carboxylic acids is 2. The summed E-state index contributed by atoms with van der Waals surface area (Å²) in [6.07, 6.45) is 3.75. The number of hydrogen-bond acceptors (Lipinski definition) is 3. The molecule has 3 rings (SSSR count). The van der Waals surface area contributed by atoms with Gasteiger partial charge in [-0.3, -0.25) is 4.79 Å². The van der Waals surface area contributed by atoms with Crippen LogP contribution < -0.4 is 4.90 Å². The lowest BCUT2D eigenvalue weighted by molar-refractivity contribution is -0.139. The van der Waals surface area contributed by atoms with Crippen molar-refractivity contribution in [2.75, 3.05) is 24.5 Å². The molecule has 1 aromatic rings. The van der Waals surface area contributed by atoms with E-state index in [4.69, 9.17) is 0 Å². The Labute approximate surface area is 134 Å². The number of amides is 1. The third-order valence-corrected chi connectivity index (χ3v) is 4.80. The molecule has 2 aliphatic heterocycles. The van der Waals surface area contributed by atoms with Gasteiger partial charge in [0.15, 0.2) is 0 Å². The summed E-state index contributed by atoms with van der Waals surface area (Å²) < 4.78 is 26.6. The molecule has 0 saturated carbocycles. The van der Waals surface area contributed by atoms with Gasteiger partial charge in [0.25, 0.3) is 0 Å². The molecule has 0 unspecified atom stereocenters. The van der Waals surface area contributed by atoms with Crippen molar-refractivity contribution in [2.45, 2.75) is 31.7 Å². The highest BCUT2D eigenvalue weighted by atomic mass is 19.1. The molecule has 1 atom stereocenters. The fourth-order valence-electron chi connectivity index (χ4n) is 3.55. The van der Waals surface area contributed by atoms with Crippen molar-refractivity contribution in [2.24, 2.45) is 5.92 Å². The zero-order chi connectivity index (χ0) is 16.4. The van der Waals surface area contributed by atoms with Gasteiger partial charge in [0.2, 0.25) is 5.91 Å². The van der Waals surface area contributed by atoms with Crippen LogP contribution >= 0.6 is 0 Å². The highest BCUT2D eigenvalue weighted by Gasteiger charge is 2.34. The van der Waals surface area contributed by atoms with Gasteiger partial charge in [-0.1, -0.05) is 0 Å². The number of hydrogen-bond donors (Lipinski definition) is 0. The molecule has 2 heterocycles. The summed E-state index contributed by atoms with van der Waals surface area (Å²) in [5.41, 5.74) is 0.514. The first-order chi connectivity index (χ1) is 11.1. The highest BCUT2D eigenvalue weighted by Crippen LogP contribution is 2.28. The molecule has 4 nitrogen and oxygen atoms in total. The summed E-state index contributed by atoms with van der Waals surface area (Å²) in [5, 5.41) is 0. The molecular formula is C17H20F2N2O2. The van der Waals surface area contributed by atoms with E-state index in [1.165, 1.54) is 12.1 Å². The first-order valence-corrected chi connectivity index (χ1v) is 8.05. The third-order valence-electron chi connectivity index (χ3n) is 4.80. The topological polar surface area (TPSA) is 40.6 Å². The molecule has 0 aliphatic carbocycles. The van der Waals surface area contributed by atoms with E-state index in [0.29, 0.717) is 38.2 Å². The second-order valence-corrected chi connectivity index (χ2v) is 6.27. The smallest absolute Gasteiger partial charge is 0.226 e. The van der Waals surface area contributed by atoms with Crippen molar-refractivity contribution in [1.29, 1.82) is 0 Å². The first kappa shape index (κ1) is 15.9. The number of benzene rings is 1. The molecule has 6 heteroatoms. The number of anilines is 1. The van der Waals surface area contributed by atoms with Gasteiger partial charge in [-0.05, 0) is 37.8 Å². The summed E-state index contributed by atoms with van der Waals surface area (Å²) in [6, 6.07) is 3.20. The van der Waals surface area contributed by atoms with E-state index < -0.39 is 11.6 Å². The molecule has 0 radical (unpaired) electrons. The lowest BCUT2D eigenvalue weighted by Crippen LogP contribution is -2.44. The van der Waals surface area contributed by atoms with Gasteiger partial charge in [0, 0.05) is 37.3 Å². The molecule has 1 amide bonds. The Morgan fingerprint density at radius 3 is 2.30 bits per heavy atom. The Hall–Kier alpha value is -1.98. The number of nitrogens with zero attached hydrogens (tertiary/aromatic N) is 2. The van der Waals surface area contributed by atoms with E-state index in [2.05, 4.69) is 0 Å². The lowest BCUT2D eigenvalue weighted by atomic mass is 9.94. The molecular weight excluding hydrogens is 302 g/mol. The van der Waals surface area contributed by atoms with Crippen molar-refractivity contribution < 1.29 is 18.4 Å². The Morgan fingerprint density at radius 1 is 1.04 bits per heavy atom. The monoisotopic (exact) mass is 322 g/mol. The van der Waals surface area contributed by atoms with Crippen molar-refractivity contribution in [1.82, 2.24) is 4.90 Å². The maximum Gasteiger partial charge on any atom is 0.226 e. The Morgan fingerprint density at radius 2 is 1.70 bits per heavy atom. The van der Waals surface area contributed by atoms with Crippen LogP contribution in [0.4, 0.5) is 14.5 Å². The van der Waals surface area contributed by atoms with Crippen LogP contribution in [0.15, 0.2) is 18.2 Å². The Kier molecular flexibility index (Phi) is 4.59. The van der Waals surface area contributed by atoms with Crippen molar-refractivity contribution in [3.63, 3.8) is 0 Å². The molecule has 0 bridgehead atoms. The summed E-state index contributed by atoms with van der Waals surface area (Å²) >= 11 is 0. The number of halogens is 2. The number of carbonyl (C=O) groups is 2. The molecule has 0 spiro atoms. The van der Waals surface area contributed by atoms with Crippen molar-refractivity contribution >= 4 is 17.9 Å². The predicted molar refractivity (Wildman–Crippen MR) is 82.1 cm³/mol. The molecule has 2 saturated heterocycles. The van der Waals surface area contributed by atoms with Gasteiger partial charge in [-0.15, -0.1) is 0 Å². The highest BCUT2D eigenvalue weighted by molar-refractivity contribution is 5.82. The van der Waals surface area contributed by atoms with Crippen LogP contribution in [0.5, 0.6) is 0 Å². The number of rotatable bonds is 3. The molecule has 2 aliphatic rings. The minimum atomic E-state index is -0.593. The second-order valence-electron chi connectivity index (χ2n) is 6.27. The Bertz CT molecular complexity index is 580. The summed E-state index contributed by atoms with van der Waals surface area (Å²) in [7, 11) is 0. The molecule has 0 aromatic heterocycles. The minimum absolute atomic E-state index is 0.0460. The fourth-order valence-corrected chi connectivity index (χ4v) is 3.55. The average Bonchev–Trinajstić information content (AvgIpc) is 3.02. The SMILES string of the molecule is O=C[C@@H]1CCCN1C(=O)C1CCN(c2cc(F)cc(F)c2)CC1. The standard InChI is InChI=1S/C17H20F2N2O2/c18-13-8-14(19)10-16(9-13)20-6-3-12(4-7-20)17(23)21-5-1-2-15(21)11-22/h8-12,15H,1-7H2/t15-/m0/s1. The second kappa shape index (κ2) is 6.64. The first-order valence-electron chi connectivity index (χ1n) is 8.05. The number of likely N-dealkylation sites (tertiary alicyclic amines) is 1. The average molecular weight is 322 g/mol. The van der Waals surface area contributed by atoms with Crippen molar-refractivity contribution in [3.05, 3.63) is 29.8 Å². The van der Waals surface area contributed by atoms with E-state index in [9.17, 15) is 18.4 Å². The molecule has 124 valence electrons. The van der Waals surface area contributed by atoms with Gasteiger partial charge in [-0.25, -0.2) is 8.78 Å². The molecule has 0 N–H and O–H groups in total. The number of aldehydes is 1. The summed E-state index contributed by atoms with van der Waals surface area (Å²) in [5.74, 6) is -1.25. The van der Waals surface area contributed by atoms with E-state index in [1.807, 2.05) is 4.90 Å². The minimum Gasteiger partial charge on any atom is -0.371 e. The summed E-state index contributed by atoms with van der Waals surface area (Å²) in [4.78, 5) is 27.2. The van der Waals surface area contributed by atoms with Crippen LogP contribution in [0.3, 0.4) is 0 Å². The van der Waals surface area contributed by atoms with E-state index in [0.717, 1.165) is 25.2 Å². The maximum atomic E-state index is 13.3. The van der Waals surface area contributed by atoms with Crippen LogP contribution in [0.2, 0.25) is 0 Å². The van der Waals surface area contributed by atoms with Gasteiger partial charge < -0.3 is 14.6 Å². The van der Waals surface area contributed by atoms with Crippen LogP contribution in [-0.2, 0) is 9.59 Å². The van der Waals surface area contributed by atoms with Gasteiger partial charge >= 0.3 is 0 Å². The fraction of sp³-hybridized carbons (Fsp3) is 0.529. The van der Waals surface area contributed by atoms with E-state index in [-0.39, 0.29) is 17.9 Å². The molecule has 1 aromatic carbocycles. The quantitative estimate of drug-likeness (QED) is 0.802. The van der Waals surface area contributed by atoms with E-state index in [1.54, 1.807) is 4.90 Å².